The van der Waals surface area contributed by atoms with Crippen molar-refractivity contribution in [2.24, 2.45) is 17.8 Å². The third-order valence-corrected chi connectivity index (χ3v) is 5.46. The first-order chi connectivity index (χ1) is 11.6. The summed E-state index contributed by atoms with van der Waals surface area (Å²) in [4.78, 5) is 24.2. The number of fused-ring (bicyclic) bond motifs is 3. The highest BCUT2D eigenvalue weighted by Crippen LogP contribution is 2.42. The number of hydrogen-bond donors (Lipinski definition) is 1. The SMILES string of the molecule is CC(=O)c1cn(CC(=O)NC[C@@H]2C[C@@H]3C=C[C@H]2C3)c2ccccc12. The van der Waals surface area contributed by atoms with Gasteiger partial charge in [-0.1, -0.05) is 30.4 Å². The fourth-order valence-electron chi connectivity index (χ4n) is 4.24. The second kappa shape index (κ2) is 5.93. The molecule has 1 fully saturated rings. The fraction of sp³-hybridized carbons (Fsp3) is 0.400. The van der Waals surface area contributed by atoms with E-state index < -0.39 is 0 Å². The quantitative estimate of drug-likeness (QED) is 0.679. The normalized spacial score (nSPS) is 24.6. The number of nitrogens with one attached hydrogen (secondary N) is 1. The Morgan fingerprint density at radius 1 is 1.21 bits per heavy atom. The molecule has 2 bridgehead atoms. The largest absolute Gasteiger partial charge is 0.354 e. The zero-order valence-electron chi connectivity index (χ0n) is 13.9. The van der Waals surface area contributed by atoms with Crippen LogP contribution in [0.4, 0.5) is 0 Å². The average molecular weight is 322 g/mol. The van der Waals surface area contributed by atoms with Crippen molar-refractivity contribution in [2.75, 3.05) is 6.54 Å². The van der Waals surface area contributed by atoms with Crippen LogP contribution in [0.2, 0.25) is 0 Å². The molecule has 2 aliphatic rings. The summed E-state index contributed by atoms with van der Waals surface area (Å²) in [6.07, 6.45) is 8.88. The van der Waals surface area contributed by atoms with Crippen LogP contribution < -0.4 is 5.32 Å². The Morgan fingerprint density at radius 3 is 2.75 bits per heavy atom. The Kier molecular flexibility index (Phi) is 3.75. The standard InChI is InChI=1S/C20H22N2O2/c1-13(23)18-11-22(19-5-3-2-4-17(18)19)12-20(24)21-10-16-9-14-6-7-15(16)8-14/h2-7,11,14-16H,8-10,12H2,1H3,(H,21,24)/t14-,15+,16+/m1/s1. The van der Waals surface area contributed by atoms with Gasteiger partial charge in [-0.05, 0) is 43.6 Å². The molecule has 2 aliphatic carbocycles. The summed E-state index contributed by atoms with van der Waals surface area (Å²) in [7, 11) is 0. The van der Waals surface area contributed by atoms with Crippen LogP contribution in [0.5, 0.6) is 0 Å². The van der Waals surface area contributed by atoms with Crippen molar-refractivity contribution in [3.8, 4) is 0 Å². The van der Waals surface area contributed by atoms with Crippen LogP contribution in [0.1, 0.15) is 30.1 Å². The second-order valence-corrected chi connectivity index (χ2v) is 7.09. The summed E-state index contributed by atoms with van der Waals surface area (Å²) in [5.74, 6) is 1.99. The average Bonchev–Trinajstić information content (AvgIpc) is 3.27. The highest BCUT2D eigenvalue weighted by atomic mass is 16.2. The molecule has 1 N–H and O–H groups in total. The van der Waals surface area contributed by atoms with Crippen LogP contribution in [0, 0.1) is 17.8 Å². The van der Waals surface area contributed by atoms with E-state index in [1.54, 1.807) is 13.1 Å². The third-order valence-electron chi connectivity index (χ3n) is 5.46. The van der Waals surface area contributed by atoms with E-state index in [1.807, 2.05) is 28.8 Å². The number of nitrogens with zero attached hydrogens (tertiary/aromatic N) is 1. The van der Waals surface area contributed by atoms with Gasteiger partial charge in [0.1, 0.15) is 6.54 Å². The van der Waals surface area contributed by atoms with Crippen LogP contribution in [0.15, 0.2) is 42.6 Å². The summed E-state index contributed by atoms with van der Waals surface area (Å²) in [5, 5.41) is 4.00. The molecule has 0 spiro atoms. The van der Waals surface area contributed by atoms with Gasteiger partial charge < -0.3 is 9.88 Å². The van der Waals surface area contributed by atoms with Gasteiger partial charge in [0, 0.05) is 29.2 Å². The highest BCUT2D eigenvalue weighted by Gasteiger charge is 2.35. The van der Waals surface area contributed by atoms with Gasteiger partial charge >= 0.3 is 0 Å². The fourth-order valence-corrected chi connectivity index (χ4v) is 4.24. The van der Waals surface area contributed by atoms with E-state index in [1.165, 1.54) is 12.8 Å². The summed E-state index contributed by atoms with van der Waals surface area (Å²) >= 11 is 0. The smallest absolute Gasteiger partial charge is 0.239 e. The number of Topliss-reactive ketones (excluding diaryl/α,β-unsaturated/α-hetero) is 1. The molecule has 1 aromatic carbocycles. The molecule has 0 saturated heterocycles. The Labute approximate surface area is 141 Å². The molecular formula is C20H22N2O2. The van der Waals surface area contributed by atoms with Crippen molar-refractivity contribution >= 4 is 22.6 Å². The molecule has 4 heteroatoms. The molecule has 0 aliphatic heterocycles. The first-order valence-corrected chi connectivity index (χ1v) is 8.65. The van der Waals surface area contributed by atoms with Crippen molar-refractivity contribution in [2.45, 2.75) is 26.3 Å². The highest BCUT2D eigenvalue weighted by molar-refractivity contribution is 6.07. The topological polar surface area (TPSA) is 51.1 Å². The van der Waals surface area contributed by atoms with Gasteiger partial charge in [-0.3, -0.25) is 9.59 Å². The molecule has 3 atom stereocenters. The molecule has 24 heavy (non-hydrogen) atoms. The Bertz CT molecular complexity index is 833. The number of para-hydroxylation sites is 1. The van der Waals surface area contributed by atoms with Gasteiger partial charge in [0.15, 0.2) is 5.78 Å². The van der Waals surface area contributed by atoms with Crippen molar-refractivity contribution in [3.05, 3.63) is 48.2 Å². The summed E-state index contributed by atoms with van der Waals surface area (Å²) in [6, 6.07) is 7.74. The number of rotatable bonds is 5. The van der Waals surface area contributed by atoms with Crippen LogP contribution in [0.25, 0.3) is 10.9 Å². The van der Waals surface area contributed by atoms with Crippen molar-refractivity contribution in [1.82, 2.24) is 9.88 Å². The minimum Gasteiger partial charge on any atom is -0.354 e. The molecule has 124 valence electrons. The summed E-state index contributed by atoms with van der Waals surface area (Å²) in [5.41, 5.74) is 1.61. The predicted molar refractivity (Wildman–Crippen MR) is 93.8 cm³/mol. The Balaban J connectivity index is 1.45. The number of carbonyl (C=O) groups is 2. The molecule has 1 aromatic heterocycles. The number of carbonyl (C=O) groups excluding carboxylic acids is 2. The van der Waals surface area contributed by atoms with Gasteiger partial charge in [0.05, 0.1) is 0 Å². The molecule has 4 nitrogen and oxygen atoms in total. The number of aromatic nitrogens is 1. The zero-order chi connectivity index (χ0) is 16.7. The maximum absolute atomic E-state index is 12.4. The Hall–Kier alpha value is -2.36. The van der Waals surface area contributed by atoms with Crippen LogP contribution in [0.3, 0.4) is 0 Å². The van der Waals surface area contributed by atoms with Gasteiger partial charge in [-0.25, -0.2) is 0 Å². The molecule has 0 unspecified atom stereocenters. The first-order valence-electron chi connectivity index (χ1n) is 8.65. The zero-order valence-corrected chi connectivity index (χ0v) is 13.9. The van der Waals surface area contributed by atoms with Gasteiger partial charge in [0.25, 0.3) is 0 Å². The molecule has 2 aromatic rings. The lowest BCUT2D eigenvalue weighted by Crippen LogP contribution is -2.33. The van der Waals surface area contributed by atoms with Crippen LogP contribution in [-0.2, 0) is 11.3 Å². The summed E-state index contributed by atoms with van der Waals surface area (Å²) < 4.78 is 1.88. The van der Waals surface area contributed by atoms with Crippen LogP contribution >= 0.6 is 0 Å². The predicted octanol–water partition coefficient (Wildman–Crippen LogP) is 3.17. The van der Waals surface area contributed by atoms with E-state index in [9.17, 15) is 9.59 Å². The molecule has 1 heterocycles. The molecular weight excluding hydrogens is 300 g/mol. The molecule has 1 saturated carbocycles. The lowest BCUT2D eigenvalue weighted by atomic mass is 9.94. The first kappa shape index (κ1) is 15.2. The minimum absolute atomic E-state index is 0.0117. The molecule has 0 radical (unpaired) electrons. The van der Waals surface area contributed by atoms with Crippen molar-refractivity contribution in [1.29, 1.82) is 0 Å². The molecule has 1 amide bonds. The minimum atomic E-state index is 0.0117. The van der Waals surface area contributed by atoms with E-state index >= 15 is 0 Å². The number of ketones is 1. The summed E-state index contributed by atoms with van der Waals surface area (Å²) in [6.45, 7) is 2.57. The molecule has 4 rings (SSSR count). The lowest BCUT2D eigenvalue weighted by molar-refractivity contribution is -0.121. The van der Waals surface area contributed by atoms with Gasteiger partial charge in [-0.15, -0.1) is 0 Å². The van der Waals surface area contributed by atoms with Crippen LogP contribution in [-0.4, -0.2) is 22.8 Å². The maximum atomic E-state index is 12.4. The van der Waals surface area contributed by atoms with E-state index in [4.69, 9.17) is 0 Å². The second-order valence-electron chi connectivity index (χ2n) is 7.09. The van der Waals surface area contributed by atoms with E-state index in [0.29, 0.717) is 17.4 Å². The number of allylic oxidation sites excluding steroid dienone is 2. The third kappa shape index (κ3) is 2.66. The Morgan fingerprint density at radius 2 is 2.04 bits per heavy atom. The maximum Gasteiger partial charge on any atom is 0.239 e. The number of benzene rings is 1. The lowest BCUT2D eigenvalue weighted by Gasteiger charge is -2.18. The van der Waals surface area contributed by atoms with E-state index in [2.05, 4.69) is 17.5 Å². The number of amides is 1. The van der Waals surface area contributed by atoms with Gasteiger partial charge in [-0.2, -0.15) is 0 Å². The van der Waals surface area contributed by atoms with E-state index in [-0.39, 0.29) is 18.2 Å². The van der Waals surface area contributed by atoms with Gasteiger partial charge in [0.2, 0.25) is 5.91 Å². The monoisotopic (exact) mass is 322 g/mol. The van der Waals surface area contributed by atoms with E-state index in [0.717, 1.165) is 23.4 Å². The number of hydrogen-bond acceptors (Lipinski definition) is 2. The van der Waals surface area contributed by atoms with Crippen molar-refractivity contribution in [3.63, 3.8) is 0 Å². The van der Waals surface area contributed by atoms with Crippen molar-refractivity contribution < 1.29 is 9.59 Å².